The van der Waals surface area contributed by atoms with E-state index in [0.29, 0.717) is 13.2 Å². The van der Waals surface area contributed by atoms with Gasteiger partial charge < -0.3 is 15.2 Å². The Balaban J connectivity index is 1.95. The minimum absolute atomic E-state index is 0.114. The zero-order valence-electron chi connectivity index (χ0n) is 12.3. The fraction of sp³-hybridized carbons (Fsp3) is 0.333. The Kier molecular flexibility index (Phi) is 4.23. The van der Waals surface area contributed by atoms with Crippen molar-refractivity contribution in [1.29, 1.82) is 0 Å². The first-order valence-corrected chi connectivity index (χ1v) is 7.48. The highest BCUT2D eigenvalue weighted by molar-refractivity contribution is 5.40. The Labute approximate surface area is 125 Å². The molecule has 3 heteroatoms. The summed E-state index contributed by atoms with van der Waals surface area (Å²) >= 11 is 0. The van der Waals surface area contributed by atoms with Crippen LogP contribution in [0.5, 0.6) is 5.75 Å². The number of hydrogen-bond donors (Lipinski definition) is 1. The number of rotatable bonds is 4. The lowest BCUT2D eigenvalue weighted by Crippen LogP contribution is -2.27. The fourth-order valence-corrected chi connectivity index (χ4v) is 2.93. The first kappa shape index (κ1) is 14.1. The van der Waals surface area contributed by atoms with Crippen molar-refractivity contribution in [3.8, 4) is 5.75 Å². The predicted octanol–water partition coefficient (Wildman–Crippen LogP) is 3.40. The number of hydrogen-bond acceptors (Lipinski definition) is 3. The summed E-state index contributed by atoms with van der Waals surface area (Å²) in [5.74, 6) is 0.846. The quantitative estimate of drug-likeness (QED) is 0.935. The molecule has 3 rings (SSSR count). The monoisotopic (exact) mass is 283 g/mol. The summed E-state index contributed by atoms with van der Waals surface area (Å²) in [6.45, 7) is 3.33. The number of fused-ring (bicyclic) bond motifs is 1. The molecule has 0 aromatic heterocycles. The van der Waals surface area contributed by atoms with Gasteiger partial charge in [0, 0.05) is 5.56 Å². The van der Waals surface area contributed by atoms with E-state index in [4.69, 9.17) is 15.2 Å². The number of ether oxygens (including phenoxy) is 2. The van der Waals surface area contributed by atoms with Crippen LogP contribution in [0.2, 0.25) is 0 Å². The molecule has 2 aromatic carbocycles. The average Bonchev–Trinajstić information content (AvgIpc) is 2.54. The Morgan fingerprint density at radius 3 is 2.81 bits per heavy atom. The first-order chi connectivity index (χ1) is 10.3. The van der Waals surface area contributed by atoms with E-state index in [-0.39, 0.29) is 12.1 Å². The summed E-state index contributed by atoms with van der Waals surface area (Å²) in [7, 11) is 0. The SMILES string of the molecule is CCOc1ccccc1C(N)C1OCCc2ccccc21. The van der Waals surface area contributed by atoms with Gasteiger partial charge in [-0.25, -0.2) is 0 Å². The third-order valence-corrected chi connectivity index (χ3v) is 3.93. The maximum atomic E-state index is 6.51. The maximum absolute atomic E-state index is 6.51. The molecule has 2 atom stereocenters. The molecule has 2 unspecified atom stereocenters. The highest BCUT2D eigenvalue weighted by Gasteiger charge is 2.28. The van der Waals surface area contributed by atoms with Crippen molar-refractivity contribution >= 4 is 0 Å². The molecule has 0 fully saturated rings. The van der Waals surface area contributed by atoms with Gasteiger partial charge in [0.1, 0.15) is 11.9 Å². The molecule has 1 heterocycles. The van der Waals surface area contributed by atoms with Crippen molar-refractivity contribution in [2.24, 2.45) is 5.73 Å². The zero-order chi connectivity index (χ0) is 14.7. The second-order valence-corrected chi connectivity index (χ2v) is 5.24. The molecular formula is C18H21NO2. The minimum Gasteiger partial charge on any atom is -0.494 e. The maximum Gasteiger partial charge on any atom is 0.124 e. The van der Waals surface area contributed by atoms with E-state index in [9.17, 15) is 0 Å². The summed E-state index contributed by atoms with van der Waals surface area (Å²) in [6.07, 6.45) is 0.837. The van der Waals surface area contributed by atoms with Crippen LogP contribution in [0.15, 0.2) is 48.5 Å². The second kappa shape index (κ2) is 6.29. The zero-order valence-corrected chi connectivity index (χ0v) is 12.3. The van der Waals surface area contributed by atoms with Gasteiger partial charge in [-0.1, -0.05) is 42.5 Å². The minimum atomic E-state index is -0.228. The number of nitrogens with two attached hydrogens (primary N) is 1. The van der Waals surface area contributed by atoms with Crippen LogP contribution in [0.25, 0.3) is 0 Å². The van der Waals surface area contributed by atoms with Crippen LogP contribution in [0.4, 0.5) is 0 Å². The summed E-state index contributed by atoms with van der Waals surface area (Å²) in [5.41, 5.74) is 10.0. The van der Waals surface area contributed by atoms with E-state index in [1.165, 1.54) is 11.1 Å². The van der Waals surface area contributed by atoms with Gasteiger partial charge in [0.2, 0.25) is 0 Å². The van der Waals surface area contributed by atoms with Gasteiger partial charge in [-0.3, -0.25) is 0 Å². The fourth-order valence-electron chi connectivity index (χ4n) is 2.93. The molecule has 0 aliphatic carbocycles. The Hall–Kier alpha value is -1.84. The molecule has 0 spiro atoms. The molecule has 0 saturated carbocycles. The van der Waals surface area contributed by atoms with Crippen molar-refractivity contribution in [3.05, 3.63) is 65.2 Å². The van der Waals surface area contributed by atoms with Crippen LogP contribution in [-0.2, 0) is 11.2 Å². The molecular weight excluding hydrogens is 262 g/mol. The van der Waals surface area contributed by atoms with Gasteiger partial charge in [0.05, 0.1) is 19.3 Å². The van der Waals surface area contributed by atoms with Crippen molar-refractivity contribution < 1.29 is 9.47 Å². The Bertz CT molecular complexity index is 612. The summed E-state index contributed by atoms with van der Waals surface area (Å²) in [4.78, 5) is 0. The lowest BCUT2D eigenvalue weighted by atomic mass is 9.90. The molecule has 1 aliphatic rings. The molecule has 3 nitrogen and oxygen atoms in total. The van der Waals surface area contributed by atoms with Gasteiger partial charge in [-0.2, -0.15) is 0 Å². The number of benzene rings is 2. The van der Waals surface area contributed by atoms with Gasteiger partial charge in [-0.15, -0.1) is 0 Å². The molecule has 2 aromatic rings. The van der Waals surface area contributed by atoms with E-state index in [1.54, 1.807) is 0 Å². The van der Waals surface area contributed by atoms with E-state index < -0.39 is 0 Å². The molecule has 0 bridgehead atoms. The number of para-hydroxylation sites is 1. The van der Waals surface area contributed by atoms with Crippen LogP contribution >= 0.6 is 0 Å². The van der Waals surface area contributed by atoms with Crippen molar-refractivity contribution in [2.45, 2.75) is 25.5 Å². The summed E-state index contributed by atoms with van der Waals surface area (Å²) in [6, 6.07) is 16.1. The van der Waals surface area contributed by atoms with Gasteiger partial charge in [0.15, 0.2) is 0 Å². The molecule has 21 heavy (non-hydrogen) atoms. The molecule has 0 radical (unpaired) electrons. The molecule has 1 aliphatic heterocycles. The standard InChI is InChI=1S/C18H21NO2/c1-2-20-16-10-6-5-9-15(16)17(19)18-14-8-4-3-7-13(14)11-12-21-18/h3-10,17-18H,2,11-12,19H2,1H3. The first-order valence-electron chi connectivity index (χ1n) is 7.48. The lowest BCUT2D eigenvalue weighted by molar-refractivity contribution is 0.0235. The summed E-state index contributed by atoms with van der Waals surface area (Å²) in [5, 5.41) is 0. The smallest absolute Gasteiger partial charge is 0.124 e. The Morgan fingerprint density at radius 2 is 1.95 bits per heavy atom. The summed E-state index contributed by atoms with van der Waals surface area (Å²) < 4.78 is 11.7. The second-order valence-electron chi connectivity index (χ2n) is 5.24. The van der Waals surface area contributed by atoms with Gasteiger partial charge in [-0.05, 0) is 30.5 Å². The largest absolute Gasteiger partial charge is 0.494 e. The van der Waals surface area contributed by atoms with Crippen LogP contribution < -0.4 is 10.5 Å². The van der Waals surface area contributed by atoms with Crippen LogP contribution in [-0.4, -0.2) is 13.2 Å². The van der Waals surface area contributed by atoms with E-state index in [2.05, 4.69) is 18.2 Å². The highest BCUT2D eigenvalue weighted by atomic mass is 16.5. The van der Waals surface area contributed by atoms with Crippen LogP contribution in [0.3, 0.4) is 0 Å². The molecule has 0 amide bonds. The third-order valence-electron chi connectivity index (χ3n) is 3.93. The van der Waals surface area contributed by atoms with E-state index in [0.717, 1.165) is 17.7 Å². The van der Waals surface area contributed by atoms with E-state index in [1.807, 2.05) is 37.3 Å². The third kappa shape index (κ3) is 2.80. The molecule has 0 saturated heterocycles. The molecule has 110 valence electrons. The van der Waals surface area contributed by atoms with Crippen molar-refractivity contribution in [1.82, 2.24) is 0 Å². The van der Waals surface area contributed by atoms with Gasteiger partial charge in [0.25, 0.3) is 0 Å². The van der Waals surface area contributed by atoms with Crippen molar-refractivity contribution in [3.63, 3.8) is 0 Å². The van der Waals surface area contributed by atoms with Gasteiger partial charge >= 0.3 is 0 Å². The van der Waals surface area contributed by atoms with Crippen LogP contribution in [0, 0.1) is 0 Å². The normalized spacial score (nSPS) is 18.9. The van der Waals surface area contributed by atoms with Crippen molar-refractivity contribution in [2.75, 3.05) is 13.2 Å². The lowest BCUT2D eigenvalue weighted by Gasteiger charge is -2.31. The predicted molar refractivity (Wildman–Crippen MR) is 83.4 cm³/mol. The van der Waals surface area contributed by atoms with Crippen LogP contribution in [0.1, 0.15) is 35.8 Å². The highest BCUT2D eigenvalue weighted by Crippen LogP contribution is 2.38. The van der Waals surface area contributed by atoms with E-state index >= 15 is 0 Å². The Morgan fingerprint density at radius 1 is 1.19 bits per heavy atom. The molecule has 2 N–H and O–H groups in total. The average molecular weight is 283 g/mol. The topological polar surface area (TPSA) is 44.5 Å².